The molecule has 1 amide bonds. The molecule has 0 saturated carbocycles. The molecule has 29 heavy (non-hydrogen) atoms. The molecule has 4 aromatic rings. The highest BCUT2D eigenvalue weighted by atomic mass is 32.1. The number of hydrogen-bond donors (Lipinski definition) is 1. The van der Waals surface area contributed by atoms with Crippen LogP contribution >= 0.6 is 11.3 Å². The van der Waals surface area contributed by atoms with E-state index in [-0.39, 0.29) is 5.91 Å². The van der Waals surface area contributed by atoms with Crippen LogP contribution in [0, 0.1) is 0 Å². The van der Waals surface area contributed by atoms with E-state index in [1.54, 1.807) is 29.7 Å². The Morgan fingerprint density at radius 2 is 2.00 bits per heavy atom. The molecule has 0 aliphatic rings. The number of amides is 1. The van der Waals surface area contributed by atoms with Crippen LogP contribution in [0.3, 0.4) is 0 Å². The molecule has 7 nitrogen and oxygen atoms in total. The summed E-state index contributed by atoms with van der Waals surface area (Å²) in [5, 5.41) is 8.66. The minimum atomic E-state index is -0.0355. The van der Waals surface area contributed by atoms with Crippen LogP contribution < -0.4 is 10.1 Å². The van der Waals surface area contributed by atoms with Crippen molar-refractivity contribution in [3.8, 4) is 17.0 Å². The lowest BCUT2D eigenvalue weighted by Crippen LogP contribution is -2.21. The standard InChI is InChI=1S/C21H21N5O2S/c1-25(2)19(27)16-8-6-7-15(13-16)18-14-23-21-26(18)24-20(29-21)22-11-12-28-17-9-4-3-5-10-17/h3-10,13-14H,11-12H2,1-2H3,(H,22,24). The van der Waals surface area contributed by atoms with Crippen LogP contribution in [0.5, 0.6) is 5.75 Å². The number of benzene rings is 2. The van der Waals surface area contributed by atoms with Gasteiger partial charge in [-0.25, -0.2) is 9.50 Å². The molecule has 4 rings (SSSR count). The lowest BCUT2D eigenvalue weighted by molar-refractivity contribution is 0.0827. The van der Waals surface area contributed by atoms with Crippen molar-refractivity contribution in [1.29, 1.82) is 0 Å². The van der Waals surface area contributed by atoms with Gasteiger partial charge in [0.05, 0.1) is 18.4 Å². The van der Waals surface area contributed by atoms with E-state index in [1.165, 1.54) is 11.3 Å². The lowest BCUT2D eigenvalue weighted by atomic mass is 10.1. The average Bonchev–Trinajstić information content (AvgIpc) is 3.32. The van der Waals surface area contributed by atoms with Gasteiger partial charge in [-0.1, -0.05) is 41.7 Å². The second kappa shape index (κ2) is 8.32. The molecule has 0 radical (unpaired) electrons. The molecule has 2 aromatic heterocycles. The largest absolute Gasteiger partial charge is 0.492 e. The molecule has 0 spiro atoms. The van der Waals surface area contributed by atoms with Gasteiger partial charge < -0.3 is 15.0 Å². The zero-order valence-electron chi connectivity index (χ0n) is 16.2. The number of carbonyl (C=O) groups excluding carboxylic acids is 1. The van der Waals surface area contributed by atoms with Gasteiger partial charge in [0.2, 0.25) is 10.1 Å². The topological polar surface area (TPSA) is 71.8 Å². The fraction of sp³-hybridized carbons (Fsp3) is 0.190. The van der Waals surface area contributed by atoms with E-state index in [2.05, 4.69) is 15.4 Å². The molecular weight excluding hydrogens is 386 g/mol. The fourth-order valence-electron chi connectivity index (χ4n) is 2.87. The summed E-state index contributed by atoms with van der Waals surface area (Å²) in [5.41, 5.74) is 2.38. The number of para-hydroxylation sites is 1. The Morgan fingerprint density at radius 1 is 1.17 bits per heavy atom. The Labute approximate surface area is 172 Å². The summed E-state index contributed by atoms with van der Waals surface area (Å²) < 4.78 is 7.48. The minimum absolute atomic E-state index is 0.0355. The number of hydrogen-bond acceptors (Lipinski definition) is 6. The van der Waals surface area contributed by atoms with Crippen LogP contribution in [0.2, 0.25) is 0 Å². The van der Waals surface area contributed by atoms with Gasteiger partial charge in [-0.3, -0.25) is 4.79 Å². The van der Waals surface area contributed by atoms with E-state index < -0.39 is 0 Å². The molecule has 1 N–H and O–H groups in total. The van der Waals surface area contributed by atoms with E-state index in [0.717, 1.165) is 27.1 Å². The number of fused-ring (bicyclic) bond motifs is 1. The van der Waals surface area contributed by atoms with E-state index in [0.29, 0.717) is 18.7 Å². The molecule has 0 unspecified atom stereocenters. The molecule has 0 aliphatic carbocycles. The number of aromatic nitrogens is 3. The first-order valence-corrected chi connectivity index (χ1v) is 10.0. The van der Waals surface area contributed by atoms with E-state index in [4.69, 9.17) is 4.74 Å². The monoisotopic (exact) mass is 407 g/mol. The molecular formula is C21H21N5O2S. The Morgan fingerprint density at radius 3 is 2.79 bits per heavy atom. The second-order valence-electron chi connectivity index (χ2n) is 6.61. The molecule has 0 bridgehead atoms. The molecule has 2 heterocycles. The van der Waals surface area contributed by atoms with Crippen LogP contribution in [0.4, 0.5) is 5.13 Å². The summed E-state index contributed by atoms with van der Waals surface area (Å²) >= 11 is 1.47. The fourth-order valence-corrected chi connectivity index (χ4v) is 3.67. The number of nitrogens with one attached hydrogen (secondary N) is 1. The van der Waals surface area contributed by atoms with Gasteiger partial charge >= 0.3 is 0 Å². The van der Waals surface area contributed by atoms with Gasteiger partial charge in [-0.15, -0.1) is 5.10 Å². The Balaban J connectivity index is 1.46. The highest BCUT2D eigenvalue weighted by molar-refractivity contribution is 7.20. The third-order valence-electron chi connectivity index (χ3n) is 4.29. The summed E-state index contributed by atoms with van der Waals surface area (Å²) in [7, 11) is 3.48. The zero-order chi connectivity index (χ0) is 20.2. The van der Waals surface area contributed by atoms with Crippen molar-refractivity contribution >= 4 is 27.3 Å². The lowest BCUT2D eigenvalue weighted by Gasteiger charge is -2.10. The Kier molecular flexibility index (Phi) is 5.44. The third kappa shape index (κ3) is 4.22. The highest BCUT2D eigenvalue weighted by Gasteiger charge is 2.14. The van der Waals surface area contributed by atoms with Crippen molar-refractivity contribution in [2.45, 2.75) is 0 Å². The van der Waals surface area contributed by atoms with Gasteiger partial charge in [0.1, 0.15) is 12.4 Å². The number of ether oxygens (including phenoxy) is 1. The maximum atomic E-state index is 12.3. The normalized spacial score (nSPS) is 10.8. The van der Waals surface area contributed by atoms with Crippen molar-refractivity contribution in [2.75, 3.05) is 32.6 Å². The smallest absolute Gasteiger partial charge is 0.253 e. The van der Waals surface area contributed by atoms with Crippen LogP contribution in [-0.4, -0.2) is 52.7 Å². The minimum Gasteiger partial charge on any atom is -0.492 e. The zero-order valence-corrected chi connectivity index (χ0v) is 17.0. The number of imidazole rings is 1. The second-order valence-corrected chi connectivity index (χ2v) is 7.57. The van der Waals surface area contributed by atoms with Crippen molar-refractivity contribution in [3.05, 3.63) is 66.4 Å². The summed E-state index contributed by atoms with van der Waals surface area (Å²) in [4.78, 5) is 19.1. The van der Waals surface area contributed by atoms with Crippen molar-refractivity contribution in [3.63, 3.8) is 0 Å². The molecule has 0 saturated heterocycles. The highest BCUT2D eigenvalue weighted by Crippen LogP contribution is 2.26. The third-order valence-corrected chi connectivity index (χ3v) is 5.17. The predicted molar refractivity (Wildman–Crippen MR) is 115 cm³/mol. The Bertz CT molecular complexity index is 1120. The summed E-state index contributed by atoms with van der Waals surface area (Å²) in [6, 6.07) is 17.2. The molecule has 0 atom stereocenters. The van der Waals surface area contributed by atoms with Crippen molar-refractivity contribution in [2.24, 2.45) is 0 Å². The van der Waals surface area contributed by atoms with Gasteiger partial charge in [0.15, 0.2) is 0 Å². The summed E-state index contributed by atoms with van der Waals surface area (Å²) in [6.07, 6.45) is 1.78. The van der Waals surface area contributed by atoms with E-state index in [9.17, 15) is 4.79 Å². The molecule has 148 valence electrons. The van der Waals surface area contributed by atoms with E-state index >= 15 is 0 Å². The first kappa shape index (κ1) is 18.9. The first-order chi connectivity index (χ1) is 14.1. The van der Waals surface area contributed by atoms with Crippen molar-refractivity contribution in [1.82, 2.24) is 19.5 Å². The maximum absolute atomic E-state index is 12.3. The van der Waals surface area contributed by atoms with Gasteiger partial charge in [0, 0.05) is 25.2 Å². The van der Waals surface area contributed by atoms with Crippen molar-refractivity contribution < 1.29 is 9.53 Å². The first-order valence-electron chi connectivity index (χ1n) is 9.20. The molecule has 0 aliphatic heterocycles. The van der Waals surface area contributed by atoms with Crippen LogP contribution in [-0.2, 0) is 0 Å². The number of anilines is 1. The predicted octanol–water partition coefficient (Wildman–Crippen LogP) is 3.65. The Hall–Kier alpha value is -3.39. The molecule has 0 fully saturated rings. The van der Waals surface area contributed by atoms with Gasteiger partial charge in [-0.2, -0.15) is 0 Å². The van der Waals surface area contributed by atoms with E-state index in [1.807, 2.05) is 54.6 Å². The van der Waals surface area contributed by atoms with Gasteiger partial charge in [0.25, 0.3) is 5.91 Å². The molecule has 2 aromatic carbocycles. The summed E-state index contributed by atoms with van der Waals surface area (Å²) in [5.74, 6) is 0.810. The maximum Gasteiger partial charge on any atom is 0.253 e. The quantitative estimate of drug-likeness (QED) is 0.474. The number of rotatable bonds is 7. The number of nitrogens with zero attached hydrogens (tertiary/aromatic N) is 4. The van der Waals surface area contributed by atoms with Crippen LogP contribution in [0.25, 0.3) is 16.2 Å². The van der Waals surface area contributed by atoms with Crippen LogP contribution in [0.15, 0.2) is 60.8 Å². The number of carbonyl (C=O) groups is 1. The SMILES string of the molecule is CN(C)C(=O)c1cccc(-c2cnc3sc(NCCOc4ccccc4)nn23)c1. The summed E-state index contributed by atoms with van der Waals surface area (Å²) in [6.45, 7) is 1.17. The van der Waals surface area contributed by atoms with Gasteiger partial charge in [-0.05, 0) is 24.3 Å². The molecule has 8 heteroatoms. The average molecular weight is 407 g/mol. The van der Waals surface area contributed by atoms with Crippen LogP contribution in [0.1, 0.15) is 10.4 Å².